The molecule has 0 aliphatic carbocycles. The number of nitrogens with zero attached hydrogens (tertiary/aromatic N) is 2. The zero-order chi connectivity index (χ0) is 14.3. The fourth-order valence-corrected chi connectivity index (χ4v) is 2.06. The van der Waals surface area contributed by atoms with Crippen molar-refractivity contribution < 1.29 is 4.74 Å². The van der Waals surface area contributed by atoms with Gasteiger partial charge in [0.05, 0.1) is 6.61 Å². The van der Waals surface area contributed by atoms with Gasteiger partial charge in [-0.3, -0.25) is 4.90 Å². The van der Waals surface area contributed by atoms with Crippen molar-refractivity contribution in [3.63, 3.8) is 0 Å². The van der Waals surface area contributed by atoms with Crippen LogP contribution in [0.15, 0.2) is 24.3 Å². The predicted octanol–water partition coefficient (Wildman–Crippen LogP) is 1.58. The predicted molar refractivity (Wildman–Crippen MR) is 80.6 cm³/mol. The van der Waals surface area contributed by atoms with Crippen molar-refractivity contribution in [2.45, 2.75) is 13.0 Å². The molecule has 1 aromatic carbocycles. The average molecular weight is 265 g/mol. The normalized spacial score (nSPS) is 13.0. The van der Waals surface area contributed by atoms with Gasteiger partial charge in [-0.1, -0.05) is 12.1 Å². The Kier molecular flexibility index (Phi) is 6.84. The summed E-state index contributed by atoms with van der Waals surface area (Å²) in [7, 11) is 6.29. The Bertz CT molecular complexity index is 368. The molecular weight excluding hydrogens is 238 g/mol. The number of likely N-dealkylation sites (N-methyl/N-ethyl adjacent to an activating group) is 2. The van der Waals surface area contributed by atoms with E-state index in [-0.39, 0.29) is 6.04 Å². The van der Waals surface area contributed by atoms with Gasteiger partial charge in [0.2, 0.25) is 0 Å². The summed E-state index contributed by atoms with van der Waals surface area (Å²) in [5.74, 6) is 0.916. The van der Waals surface area contributed by atoms with Crippen LogP contribution in [-0.4, -0.2) is 57.2 Å². The number of hydrogen-bond donors (Lipinski definition) is 1. The topological polar surface area (TPSA) is 41.7 Å². The van der Waals surface area contributed by atoms with Crippen LogP contribution in [0.4, 0.5) is 0 Å². The van der Waals surface area contributed by atoms with E-state index in [0.717, 1.165) is 18.8 Å². The van der Waals surface area contributed by atoms with E-state index in [4.69, 9.17) is 10.5 Å². The summed E-state index contributed by atoms with van der Waals surface area (Å²) in [4.78, 5) is 4.48. The maximum absolute atomic E-state index is 5.94. The van der Waals surface area contributed by atoms with Crippen LogP contribution in [0.1, 0.15) is 18.5 Å². The highest BCUT2D eigenvalue weighted by Gasteiger charge is 2.15. The number of hydrogen-bond acceptors (Lipinski definition) is 4. The van der Waals surface area contributed by atoms with Gasteiger partial charge in [-0.05, 0) is 45.8 Å². The smallest absolute Gasteiger partial charge is 0.119 e. The van der Waals surface area contributed by atoms with Gasteiger partial charge in [0.25, 0.3) is 0 Å². The van der Waals surface area contributed by atoms with Crippen LogP contribution >= 0.6 is 0 Å². The Morgan fingerprint density at radius 2 is 1.95 bits per heavy atom. The summed E-state index contributed by atoms with van der Waals surface area (Å²) in [6.07, 6.45) is 0. The number of rotatable bonds is 8. The molecule has 0 aromatic heterocycles. The minimum atomic E-state index is 0.236. The maximum atomic E-state index is 5.94. The zero-order valence-corrected chi connectivity index (χ0v) is 12.6. The van der Waals surface area contributed by atoms with Crippen LogP contribution in [-0.2, 0) is 0 Å². The second-order valence-corrected chi connectivity index (χ2v) is 5.04. The second kappa shape index (κ2) is 8.15. The van der Waals surface area contributed by atoms with Gasteiger partial charge in [0.15, 0.2) is 0 Å². The SMILES string of the molecule is CCOc1cccc(C(CN)N(C)CCN(C)C)c1. The molecule has 0 fully saturated rings. The highest BCUT2D eigenvalue weighted by Crippen LogP contribution is 2.22. The fraction of sp³-hybridized carbons (Fsp3) is 0.600. The van der Waals surface area contributed by atoms with Gasteiger partial charge in [-0.2, -0.15) is 0 Å². The van der Waals surface area contributed by atoms with Crippen LogP contribution in [0.25, 0.3) is 0 Å². The van der Waals surface area contributed by atoms with Crippen LogP contribution < -0.4 is 10.5 Å². The standard InChI is InChI=1S/C15H27N3O/c1-5-19-14-8-6-7-13(11-14)15(12-16)18(4)10-9-17(2)3/h6-8,11,15H,5,9-10,12,16H2,1-4H3. The molecule has 0 amide bonds. The summed E-state index contributed by atoms with van der Waals surface area (Å²) in [5, 5.41) is 0. The van der Waals surface area contributed by atoms with Crippen molar-refractivity contribution in [3.8, 4) is 5.75 Å². The van der Waals surface area contributed by atoms with Crippen molar-refractivity contribution in [2.24, 2.45) is 5.73 Å². The maximum Gasteiger partial charge on any atom is 0.119 e. The molecule has 108 valence electrons. The minimum Gasteiger partial charge on any atom is -0.494 e. The Labute approximate surface area is 117 Å². The molecule has 1 atom stereocenters. The first-order valence-corrected chi connectivity index (χ1v) is 6.86. The molecule has 0 bridgehead atoms. The van der Waals surface area contributed by atoms with Gasteiger partial charge >= 0.3 is 0 Å². The van der Waals surface area contributed by atoms with Crippen LogP contribution in [0, 0.1) is 0 Å². The molecule has 1 aromatic rings. The molecule has 0 saturated heterocycles. The van der Waals surface area contributed by atoms with E-state index >= 15 is 0 Å². The average Bonchev–Trinajstić information content (AvgIpc) is 2.38. The van der Waals surface area contributed by atoms with Gasteiger partial charge in [0.1, 0.15) is 5.75 Å². The quantitative estimate of drug-likeness (QED) is 0.775. The van der Waals surface area contributed by atoms with Crippen LogP contribution in [0.3, 0.4) is 0 Å². The Balaban J connectivity index is 2.75. The Morgan fingerprint density at radius 3 is 2.53 bits per heavy atom. The van der Waals surface area contributed by atoms with Crippen molar-refractivity contribution in [3.05, 3.63) is 29.8 Å². The Morgan fingerprint density at radius 1 is 1.21 bits per heavy atom. The number of nitrogens with two attached hydrogens (primary N) is 1. The molecule has 1 unspecified atom stereocenters. The van der Waals surface area contributed by atoms with E-state index in [9.17, 15) is 0 Å². The van der Waals surface area contributed by atoms with E-state index in [2.05, 4.69) is 43.1 Å². The van der Waals surface area contributed by atoms with Crippen molar-refractivity contribution in [1.29, 1.82) is 0 Å². The second-order valence-electron chi connectivity index (χ2n) is 5.04. The lowest BCUT2D eigenvalue weighted by Crippen LogP contribution is -2.35. The highest BCUT2D eigenvalue weighted by molar-refractivity contribution is 5.30. The summed E-state index contributed by atoms with van der Waals surface area (Å²) in [6, 6.07) is 8.46. The van der Waals surface area contributed by atoms with E-state index in [1.807, 2.05) is 19.1 Å². The van der Waals surface area contributed by atoms with E-state index in [0.29, 0.717) is 13.2 Å². The number of ether oxygens (including phenoxy) is 1. The van der Waals surface area contributed by atoms with Gasteiger partial charge in [-0.25, -0.2) is 0 Å². The van der Waals surface area contributed by atoms with Gasteiger partial charge in [-0.15, -0.1) is 0 Å². The third-order valence-electron chi connectivity index (χ3n) is 3.21. The molecule has 0 radical (unpaired) electrons. The molecule has 0 spiro atoms. The van der Waals surface area contributed by atoms with E-state index < -0.39 is 0 Å². The Hall–Kier alpha value is -1.10. The molecule has 2 N–H and O–H groups in total. The molecule has 0 aliphatic rings. The van der Waals surface area contributed by atoms with Crippen molar-refractivity contribution in [1.82, 2.24) is 9.80 Å². The molecular formula is C15H27N3O. The van der Waals surface area contributed by atoms with Crippen molar-refractivity contribution in [2.75, 3.05) is 47.4 Å². The first-order valence-electron chi connectivity index (χ1n) is 6.86. The molecule has 0 saturated carbocycles. The van der Waals surface area contributed by atoms with Gasteiger partial charge < -0.3 is 15.4 Å². The summed E-state index contributed by atoms with van der Waals surface area (Å²) < 4.78 is 5.55. The molecule has 1 rings (SSSR count). The summed E-state index contributed by atoms with van der Waals surface area (Å²) in [6.45, 7) is 5.31. The van der Waals surface area contributed by atoms with E-state index in [1.165, 1.54) is 5.56 Å². The lowest BCUT2D eigenvalue weighted by molar-refractivity contribution is 0.222. The third kappa shape index (κ3) is 5.19. The fourth-order valence-electron chi connectivity index (χ4n) is 2.06. The molecule has 4 heteroatoms. The lowest BCUT2D eigenvalue weighted by atomic mass is 10.1. The highest BCUT2D eigenvalue weighted by atomic mass is 16.5. The third-order valence-corrected chi connectivity index (χ3v) is 3.21. The molecule has 0 heterocycles. The van der Waals surface area contributed by atoms with E-state index in [1.54, 1.807) is 0 Å². The molecule has 0 aliphatic heterocycles. The molecule has 19 heavy (non-hydrogen) atoms. The van der Waals surface area contributed by atoms with Crippen LogP contribution in [0.5, 0.6) is 5.75 Å². The zero-order valence-electron chi connectivity index (χ0n) is 12.6. The largest absolute Gasteiger partial charge is 0.494 e. The summed E-state index contributed by atoms with van der Waals surface area (Å²) in [5.41, 5.74) is 7.16. The monoisotopic (exact) mass is 265 g/mol. The molecule has 4 nitrogen and oxygen atoms in total. The minimum absolute atomic E-state index is 0.236. The lowest BCUT2D eigenvalue weighted by Gasteiger charge is -2.28. The van der Waals surface area contributed by atoms with Gasteiger partial charge in [0, 0.05) is 25.7 Å². The first-order chi connectivity index (χ1) is 9.08. The van der Waals surface area contributed by atoms with Crippen molar-refractivity contribution >= 4 is 0 Å². The number of benzene rings is 1. The summed E-state index contributed by atoms with van der Waals surface area (Å²) >= 11 is 0. The first kappa shape index (κ1) is 16.0. The van der Waals surface area contributed by atoms with Crippen LogP contribution in [0.2, 0.25) is 0 Å².